The predicted octanol–water partition coefficient (Wildman–Crippen LogP) is 6.18. The first-order chi connectivity index (χ1) is 7.24. The van der Waals surface area contributed by atoms with E-state index in [2.05, 4.69) is 44.8 Å². The fourth-order valence-corrected chi connectivity index (χ4v) is 4.55. The highest BCUT2D eigenvalue weighted by Gasteiger charge is 2.04. The highest BCUT2D eigenvalue weighted by molar-refractivity contribution is 9.12. The Morgan fingerprint density at radius 1 is 1.07 bits per heavy atom. The van der Waals surface area contributed by atoms with Crippen LogP contribution in [0, 0.1) is 0 Å². The number of hydrogen-bond donors (Lipinski definition) is 0. The molecule has 1 aromatic rings. The fourth-order valence-electron chi connectivity index (χ4n) is 1.64. The van der Waals surface area contributed by atoms with E-state index in [-0.39, 0.29) is 0 Å². The van der Waals surface area contributed by atoms with Crippen molar-refractivity contribution in [3.8, 4) is 0 Å². The molecular formula is C12H18Br2S. The lowest BCUT2D eigenvalue weighted by atomic mass is 10.1. The lowest BCUT2D eigenvalue weighted by molar-refractivity contribution is 0.607. The second-order valence-corrected chi connectivity index (χ2v) is 7.62. The number of hydrogen-bond acceptors (Lipinski definition) is 1. The molecule has 86 valence electrons. The van der Waals surface area contributed by atoms with Gasteiger partial charge in [0.05, 0.1) is 7.57 Å². The van der Waals surface area contributed by atoms with E-state index in [1.54, 1.807) is 11.3 Å². The van der Waals surface area contributed by atoms with Gasteiger partial charge >= 0.3 is 0 Å². The molecule has 0 aromatic carbocycles. The van der Waals surface area contributed by atoms with Gasteiger partial charge in [-0.2, -0.15) is 0 Å². The minimum absolute atomic E-state index is 1.22. The highest BCUT2D eigenvalue weighted by Crippen LogP contribution is 2.32. The Morgan fingerprint density at radius 3 is 2.33 bits per heavy atom. The smallest absolute Gasteiger partial charge is 0.0742 e. The zero-order valence-electron chi connectivity index (χ0n) is 9.19. The molecule has 1 aromatic heterocycles. The highest BCUT2D eigenvalue weighted by atomic mass is 79.9. The molecule has 3 heteroatoms. The SMILES string of the molecule is CCCCCCCCc1cc(Br)sc1Br. The molecule has 0 aliphatic heterocycles. The van der Waals surface area contributed by atoms with E-state index >= 15 is 0 Å². The van der Waals surface area contributed by atoms with Crippen LogP contribution in [0.15, 0.2) is 13.6 Å². The van der Waals surface area contributed by atoms with E-state index in [1.165, 1.54) is 58.1 Å². The molecule has 15 heavy (non-hydrogen) atoms. The molecule has 0 radical (unpaired) electrons. The van der Waals surface area contributed by atoms with Crippen LogP contribution < -0.4 is 0 Å². The minimum atomic E-state index is 1.22. The molecule has 0 atom stereocenters. The molecule has 0 bridgehead atoms. The van der Waals surface area contributed by atoms with Gasteiger partial charge in [0, 0.05) is 0 Å². The Morgan fingerprint density at radius 2 is 1.73 bits per heavy atom. The van der Waals surface area contributed by atoms with Crippen LogP contribution >= 0.6 is 43.2 Å². The summed E-state index contributed by atoms with van der Waals surface area (Å²) >= 11 is 8.89. The van der Waals surface area contributed by atoms with Crippen LogP contribution in [0.5, 0.6) is 0 Å². The zero-order valence-corrected chi connectivity index (χ0v) is 13.2. The number of thiophene rings is 1. The summed E-state index contributed by atoms with van der Waals surface area (Å²) in [5.41, 5.74) is 1.46. The lowest BCUT2D eigenvalue weighted by Crippen LogP contribution is -1.84. The van der Waals surface area contributed by atoms with E-state index in [9.17, 15) is 0 Å². The maximum atomic E-state index is 3.60. The first-order valence-corrected chi connectivity index (χ1v) is 8.08. The predicted molar refractivity (Wildman–Crippen MR) is 76.8 cm³/mol. The van der Waals surface area contributed by atoms with Gasteiger partial charge in [-0.25, -0.2) is 0 Å². The van der Waals surface area contributed by atoms with Gasteiger partial charge in [-0.15, -0.1) is 11.3 Å². The summed E-state index contributed by atoms with van der Waals surface area (Å²) in [4.78, 5) is 0. The van der Waals surface area contributed by atoms with Gasteiger partial charge in [0.1, 0.15) is 0 Å². The Hall–Kier alpha value is 0.660. The minimum Gasteiger partial charge on any atom is -0.121 e. The van der Waals surface area contributed by atoms with Crippen molar-refractivity contribution in [2.45, 2.75) is 51.9 Å². The van der Waals surface area contributed by atoms with Gasteiger partial charge in [-0.3, -0.25) is 0 Å². The summed E-state index contributed by atoms with van der Waals surface area (Å²) in [5.74, 6) is 0. The summed E-state index contributed by atoms with van der Waals surface area (Å²) in [7, 11) is 0. The van der Waals surface area contributed by atoms with Crippen LogP contribution in [0.4, 0.5) is 0 Å². The van der Waals surface area contributed by atoms with Gasteiger partial charge in [-0.1, -0.05) is 39.0 Å². The van der Waals surface area contributed by atoms with Crippen LogP contribution in [-0.4, -0.2) is 0 Å². The summed E-state index contributed by atoms with van der Waals surface area (Å²) in [6.45, 7) is 2.26. The third-order valence-electron chi connectivity index (χ3n) is 2.53. The lowest BCUT2D eigenvalue weighted by Gasteiger charge is -2.00. The Labute approximate surface area is 114 Å². The summed E-state index contributed by atoms with van der Waals surface area (Å²) in [5, 5.41) is 0. The van der Waals surface area contributed by atoms with Crippen LogP contribution in [0.2, 0.25) is 0 Å². The topological polar surface area (TPSA) is 0 Å². The van der Waals surface area contributed by atoms with Gasteiger partial charge < -0.3 is 0 Å². The van der Waals surface area contributed by atoms with E-state index in [0.717, 1.165) is 0 Å². The van der Waals surface area contributed by atoms with Gasteiger partial charge in [-0.05, 0) is 56.3 Å². The Bertz CT molecular complexity index is 281. The van der Waals surface area contributed by atoms with Crippen LogP contribution in [-0.2, 0) is 6.42 Å². The molecule has 0 aliphatic rings. The summed E-state index contributed by atoms with van der Waals surface area (Å²) in [6, 6.07) is 2.24. The van der Waals surface area contributed by atoms with E-state index in [4.69, 9.17) is 0 Å². The average Bonchev–Trinajstić information content (AvgIpc) is 2.51. The van der Waals surface area contributed by atoms with E-state index in [1.807, 2.05) is 0 Å². The molecule has 0 N–H and O–H groups in total. The number of halogens is 2. The monoisotopic (exact) mass is 352 g/mol. The van der Waals surface area contributed by atoms with Crippen molar-refractivity contribution in [1.82, 2.24) is 0 Å². The molecule has 0 fully saturated rings. The van der Waals surface area contributed by atoms with Gasteiger partial charge in [0.15, 0.2) is 0 Å². The second kappa shape index (κ2) is 7.86. The maximum absolute atomic E-state index is 3.60. The van der Waals surface area contributed by atoms with E-state index in [0.29, 0.717) is 0 Å². The number of aryl methyl sites for hydroxylation is 1. The van der Waals surface area contributed by atoms with Crippen molar-refractivity contribution in [2.75, 3.05) is 0 Å². The van der Waals surface area contributed by atoms with Crippen LogP contribution in [0.3, 0.4) is 0 Å². The van der Waals surface area contributed by atoms with Crippen molar-refractivity contribution in [3.05, 3.63) is 19.2 Å². The van der Waals surface area contributed by atoms with Gasteiger partial charge in [0.25, 0.3) is 0 Å². The van der Waals surface area contributed by atoms with Crippen molar-refractivity contribution in [2.24, 2.45) is 0 Å². The quantitative estimate of drug-likeness (QED) is 0.513. The summed E-state index contributed by atoms with van der Waals surface area (Å²) in [6.07, 6.45) is 9.46. The van der Waals surface area contributed by atoms with Gasteiger partial charge in [0.2, 0.25) is 0 Å². The largest absolute Gasteiger partial charge is 0.121 e. The van der Waals surface area contributed by atoms with Crippen molar-refractivity contribution < 1.29 is 0 Å². The van der Waals surface area contributed by atoms with Crippen LogP contribution in [0.1, 0.15) is 51.0 Å². The Balaban J connectivity index is 2.12. The van der Waals surface area contributed by atoms with E-state index < -0.39 is 0 Å². The molecule has 0 amide bonds. The fraction of sp³-hybridized carbons (Fsp3) is 0.667. The molecule has 1 rings (SSSR count). The molecule has 0 nitrogen and oxygen atoms in total. The molecule has 0 unspecified atom stereocenters. The number of rotatable bonds is 7. The molecule has 0 saturated carbocycles. The Kier molecular flexibility index (Phi) is 7.19. The molecule has 0 aliphatic carbocycles. The molecular weight excluding hydrogens is 336 g/mol. The van der Waals surface area contributed by atoms with Crippen molar-refractivity contribution in [3.63, 3.8) is 0 Å². The maximum Gasteiger partial charge on any atom is 0.0742 e. The summed E-state index contributed by atoms with van der Waals surface area (Å²) < 4.78 is 2.53. The third kappa shape index (κ3) is 5.50. The average molecular weight is 354 g/mol. The molecule has 0 spiro atoms. The molecule has 1 heterocycles. The molecule has 0 saturated heterocycles. The van der Waals surface area contributed by atoms with Crippen molar-refractivity contribution in [1.29, 1.82) is 0 Å². The standard InChI is InChI=1S/C12H18Br2S/c1-2-3-4-5-6-7-8-10-9-11(13)15-12(10)14/h9H,2-8H2,1H3. The normalized spacial score (nSPS) is 10.9. The third-order valence-corrected chi connectivity index (χ3v) is 4.99. The zero-order chi connectivity index (χ0) is 11.1. The first-order valence-electron chi connectivity index (χ1n) is 5.67. The van der Waals surface area contributed by atoms with Crippen molar-refractivity contribution >= 4 is 43.2 Å². The van der Waals surface area contributed by atoms with Crippen LogP contribution in [0.25, 0.3) is 0 Å². The first kappa shape index (κ1) is 13.7. The second-order valence-electron chi connectivity index (χ2n) is 3.87. The number of unbranched alkanes of at least 4 members (excludes halogenated alkanes) is 5.